The van der Waals surface area contributed by atoms with Crippen LogP contribution in [-0.2, 0) is 0 Å². The first kappa shape index (κ1) is 14.7. The molecule has 110 valence electrons. The van der Waals surface area contributed by atoms with E-state index < -0.39 is 0 Å². The molecule has 0 spiro atoms. The lowest BCUT2D eigenvalue weighted by atomic mass is 10.2. The van der Waals surface area contributed by atoms with Crippen molar-refractivity contribution in [1.82, 2.24) is 4.57 Å². The summed E-state index contributed by atoms with van der Waals surface area (Å²) in [6, 6.07) is 16.9. The Morgan fingerprint density at radius 1 is 1.09 bits per heavy atom. The number of nitrogens with zero attached hydrogens (tertiary/aromatic N) is 2. The summed E-state index contributed by atoms with van der Waals surface area (Å²) in [6.07, 6.45) is 3.77. The van der Waals surface area contributed by atoms with Gasteiger partial charge in [-0.25, -0.2) is 4.39 Å². The van der Waals surface area contributed by atoms with E-state index in [4.69, 9.17) is 0 Å². The van der Waals surface area contributed by atoms with Crippen molar-refractivity contribution in [2.75, 3.05) is 0 Å². The van der Waals surface area contributed by atoms with Crippen molar-refractivity contribution in [2.24, 2.45) is 4.99 Å². The summed E-state index contributed by atoms with van der Waals surface area (Å²) in [4.78, 5) is 4.43. The first-order chi connectivity index (χ1) is 10.6. The van der Waals surface area contributed by atoms with Gasteiger partial charge in [-0.1, -0.05) is 15.9 Å². The van der Waals surface area contributed by atoms with Crippen LogP contribution in [0.5, 0.6) is 0 Å². The smallest absolute Gasteiger partial charge is 0.126 e. The molecule has 4 heteroatoms. The number of aromatic nitrogens is 1. The predicted octanol–water partition coefficient (Wildman–Crippen LogP) is 5.44. The quantitative estimate of drug-likeness (QED) is 0.556. The summed E-state index contributed by atoms with van der Waals surface area (Å²) < 4.78 is 16.4. The highest BCUT2D eigenvalue weighted by Gasteiger charge is 2.02. The maximum Gasteiger partial charge on any atom is 0.126 e. The Morgan fingerprint density at radius 2 is 1.86 bits per heavy atom. The Bertz CT molecular complexity index is 819. The normalized spacial score (nSPS) is 11.2. The van der Waals surface area contributed by atoms with Crippen molar-refractivity contribution in [3.8, 4) is 5.69 Å². The molecule has 0 radical (unpaired) electrons. The predicted molar refractivity (Wildman–Crippen MR) is 91.9 cm³/mol. The van der Waals surface area contributed by atoms with Gasteiger partial charge in [0.15, 0.2) is 0 Å². The van der Waals surface area contributed by atoms with Crippen LogP contribution in [0.3, 0.4) is 0 Å². The van der Waals surface area contributed by atoms with Crippen molar-refractivity contribution < 1.29 is 4.39 Å². The molecule has 0 N–H and O–H groups in total. The lowest BCUT2D eigenvalue weighted by Crippen LogP contribution is -1.97. The molecule has 2 aromatic carbocycles. The summed E-state index contributed by atoms with van der Waals surface area (Å²) in [6.45, 7) is 1.73. The molecule has 22 heavy (non-hydrogen) atoms. The second-order valence-electron chi connectivity index (χ2n) is 4.97. The molecule has 0 aliphatic carbocycles. The molecule has 0 saturated carbocycles. The zero-order valence-corrected chi connectivity index (χ0v) is 13.6. The standard InChI is InChI=1S/C18H14BrFN2/c1-13-11-15(6-9-18(13)20)21-12-17-3-2-10-22(17)16-7-4-14(19)5-8-16/h2-12H,1H3. The third-order valence-corrected chi connectivity index (χ3v) is 3.90. The third kappa shape index (κ3) is 3.17. The summed E-state index contributed by atoms with van der Waals surface area (Å²) in [5.41, 5.74) is 3.36. The van der Waals surface area contributed by atoms with E-state index in [9.17, 15) is 4.39 Å². The van der Waals surface area contributed by atoms with Crippen molar-refractivity contribution in [2.45, 2.75) is 6.92 Å². The molecule has 0 aliphatic heterocycles. The van der Waals surface area contributed by atoms with Gasteiger partial charge in [0.2, 0.25) is 0 Å². The maximum absolute atomic E-state index is 13.3. The van der Waals surface area contributed by atoms with E-state index >= 15 is 0 Å². The molecule has 0 saturated heterocycles. The van der Waals surface area contributed by atoms with E-state index in [1.54, 1.807) is 25.3 Å². The van der Waals surface area contributed by atoms with E-state index in [1.165, 1.54) is 6.07 Å². The summed E-state index contributed by atoms with van der Waals surface area (Å²) in [5, 5.41) is 0. The highest BCUT2D eigenvalue weighted by Crippen LogP contribution is 2.18. The largest absolute Gasteiger partial charge is 0.316 e. The van der Waals surface area contributed by atoms with Gasteiger partial charge >= 0.3 is 0 Å². The van der Waals surface area contributed by atoms with Gasteiger partial charge in [0.1, 0.15) is 5.82 Å². The summed E-state index contributed by atoms with van der Waals surface area (Å²) in [7, 11) is 0. The first-order valence-corrected chi connectivity index (χ1v) is 7.66. The molecule has 1 heterocycles. The number of hydrogen-bond acceptors (Lipinski definition) is 1. The van der Waals surface area contributed by atoms with Crippen molar-refractivity contribution in [3.63, 3.8) is 0 Å². The van der Waals surface area contributed by atoms with Crippen LogP contribution in [-0.4, -0.2) is 10.8 Å². The zero-order chi connectivity index (χ0) is 15.5. The molecule has 1 aromatic heterocycles. The molecular formula is C18H14BrFN2. The van der Waals surface area contributed by atoms with Gasteiger partial charge in [-0.2, -0.15) is 0 Å². The molecule has 0 bridgehead atoms. The molecule has 3 rings (SSSR count). The van der Waals surface area contributed by atoms with Crippen LogP contribution in [0.2, 0.25) is 0 Å². The number of benzene rings is 2. The fourth-order valence-electron chi connectivity index (χ4n) is 2.19. The summed E-state index contributed by atoms with van der Waals surface area (Å²) in [5.74, 6) is -0.211. The SMILES string of the molecule is Cc1cc(N=Cc2cccn2-c2ccc(Br)cc2)ccc1F. The van der Waals surface area contributed by atoms with Crippen LogP contribution in [0.15, 0.2) is 70.3 Å². The van der Waals surface area contributed by atoms with Gasteiger partial charge in [-0.15, -0.1) is 0 Å². The molecule has 2 nitrogen and oxygen atoms in total. The Kier molecular flexibility index (Phi) is 4.20. The Morgan fingerprint density at radius 3 is 2.59 bits per heavy atom. The molecular weight excluding hydrogens is 343 g/mol. The van der Waals surface area contributed by atoms with Crippen LogP contribution >= 0.6 is 15.9 Å². The van der Waals surface area contributed by atoms with E-state index in [0.717, 1.165) is 21.5 Å². The molecule has 0 fully saturated rings. The van der Waals surface area contributed by atoms with Crippen LogP contribution in [0, 0.1) is 12.7 Å². The first-order valence-electron chi connectivity index (χ1n) is 6.87. The second-order valence-corrected chi connectivity index (χ2v) is 5.89. The lowest BCUT2D eigenvalue weighted by molar-refractivity contribution is 0.618. The zero-order valence-electron chi connectivity index (χ0n) is 12.0. The van der Waals surface area contributed by atoms with Gasteiger partial charge in [0, 0.05) is 16.4 Å². The minimum Gasteiger partial charge on any atom is -0.316 e. The minimum absolute atomic E-state index is 0.211. The monoisotopic (exact) mass is 356 g/mol. The Hall–Kier alpha value is -2.20. The maximum atomic E-state index is 13.3. The molecule has 0 unspecified atom stereocenters. The highest BCUT2D eigenvalue weighted by atomic mass is 79.9. The van der Waals surface area contributed by atoms with Gasteiger partial charge in [0.25, 0.3) is 0 Å². The highest BCUT2D eigenvalue weighted by molar-refractivity contribution is 9.10. The topological polar surface area (TPSA) is 17.3 Å². The fourth-order valence-corrected chi connectivity index (χ4v) is 2.45. The van der Waals surface area contributed by atoms with E-state index in [0.29, 0.717) is 5.56 Å². The van der Waals surface area contributed by atoms with Gasteiger partial charge in [-0.3, -0.25) is 4.99 Å². The molecule has 0 aliphatic rings. The number of halogens is 2. The van der Waals surface area contributed by atoms with E-state index in [2.05, 4.69) is 20.9 Å². The van der Waals surface area contributed by atoms with Gasteiger partial charge in [-0.05, 0) is 67.1 Å². The van der Waals surface area contributed by atoms with Crippen molar-refractivity contribution in [1.29, 1.82) is 0 Å². The number of aryl methyl sites for hydroxylation is 1. The van der Waals surface area contributed by atoms with Crippen LogP contribution < -0.4 is 0 Å². The van der Waals surface area contributed by atoms with Gasteiger partial charge in [0.05, 0.1) is 17.6 Å². The van der Waals surface area contributed by atoms with Crippen LogP contribution in [0.25, 0.3) is 5.69 Å². The number of aliphatic imine (C=N–C) groups is 1. The van der Waals surface area contributed by atoms with E-state index in [1.807, 2.05) is 47.2 Å². The van der Waals surface area contributed by atoms with Crippen LogP contribution in [0.4, 0.5) is 10.1 Å². The average molecular weight is 357 g/mol. The fraction of sp³-hybridized carbons (Fsp3) is 0.0556. The Labute approximate surface area is 137 Å². The molecule has 0 atom stereocenters. The van der Waals surface area contributed by atoms with Crippen molar-refractivity contribution >= 4 is 27.8 Å². The molecule has 3 aromatic rings. The minimum atomic E-state index is -0.211. The molecule has 0 amide bonds. The van der Waals surface area contributed by atoms with E-state index in [-0.39, 0.29) is 5.82 Å². The van der Waals surface area contributed by atoms with Gasteiger partial charge < -0.3 is 4.57 Å². The van der Waals surface area contributed by atoms with Crippen LogP contribution in [0.1, 0.15) is 11.3 Å². The number of rotatable bonds is 3. The number of hydrogen-bond donors (Lipinski definition) is 0. The van der Waals surface area contributed by atoms with Crippen molar-refractivity contribution in [3.05, 3.63) is 82.3 Å². The third-order valence-electron chi connectivity index (χ3n) is 3.37. The average Bonchev–Trinajstić information content (AvgIpc) is 2.98. The Balaban J connectivity index is 1.90. The lowest BCUT2D eigenvalue weighted by Gasteiger charge is -2.06. The summed E-state index contributed by atoms with van der Waals surface area (Å²) >= 11 is 3.43. The second kappa shape index (κ2) is 6.28.